The van der Waals surface area contributed by atoms with E-state index < -0.39 is 5.97 Å². The summed E-state index contributed by atoms with van der Waals surface area (Å²) in [4.78, 5) is 23.9. The van der Waals surface area contributed by atoms with E-state index in [0.717, 1.165) is 6.42 Å². The summed E-state index contributed by atoms with van der Waals surface area (Å²) in [5.74, 6) is -0.605. The number of methoxy groups -OCH3 is 1. The van der Waals surface area contributed by atoms with Gasteiger partial charge in [-0.05, 0) is 6.42 Å². The van der Waals surface area contributed by atoms with Crippen molar-refractivity contribution >= 4 is 12.0 Å². The van der Waals surface area contributed by atoms with Crippen LogP contribution in [0.2, 0.25) is 0 Å². The van der Waals surface area contributed by atoms with E-state index in [2.05, 4.69) is 9.73 Å². The van der Waals surface area contributed by atoms with E-state index in [-0.39, 0.29) is 5.70 Å². The van der Waals surface area contributed by atoms with Gasteiger partial charge in [-0.25, -0.2) is 9.59 Å². The number of hydrogen-bond donors (Lipinski definition) is 0. The molecular weight excluding hydrogens is 158 g/mol. The minimum atomic E-state index is -0.605. The molecule has 0 aromatic heterocycles. The minimum Gasteiger partial charge on any atom is -0.464 e. The SMILES string of the molecule is CCC/C=C(\N=C=O)C(=O)OC. The van der Waals surface area contributed by atoms with Gasteiger partial charge in [0.05, 0.1) is 7.11 Å². The molecule has 0 unspecified atom stereocenters. The van der Waals surface area contributed by atoms with Crippen molar-refractivity contribution in [3.63, 3.8) is 0 Å². The van der Waals surface area contributed by atoms with Crippen LogP contribution in [-0.4, -0.2) is 19.2 Å². The zero-order valence-corrected chi connectivity index (χ0v) is 7.16. The molecule has 0 spiro atoms. The molecule has 0 aliphatic rings. The second kappa shape index (κ2) is 6.31. The highest BCUT2D eigenvalue weighted by atomic mass is 16.5. The number of isocyanates is 1. The van der Waals surface area contributed by atoms with Crippen LogP contribution >= 0.6 is 0 Å². The second-order valence-corrected chi connectivity index (χ2v) is 2.07. The van der Waals surface area contributed by atoms with Gasteiger partial charge >= 0.3 is 5.97 Å². The Bertz CT molecular complexity index is 226. The van der Waals surface area contributed by atoms with Gasteiger partial charge in [-0.1, -0.05) is 19.4 Å². The molecule has 0 saturated heterocycles. The maximum atomic E-state index is 10.8. The first-order valence-electron chi connectivity index (χ1n) is 3.62. The first-order chi connectivity index (χ1) is 5.76. The number of unbranched alkanes of at least 4 members (excludes halogenated alkanes) is 1. The van der Waals surface area contributed by atoms with Crippen LogP contribution in [0.4, 0.5) is 0 Å². The third-order valence-corrected chi connectivity index (χ3v) is 1.19. The van der Waals surface area contributed by atoms with Gasteiger partial charge < -0.3 is 4.74 Å². The van der Waals surface area contributed by atoms with Crippen LogP contribution < -0.4 is 0 Å². The number of nitrogens with zero attached hydrogens (tertiary/aromatic N) is 1. The predicted octanol–water partition coefficient (Wildman–Crippen LogP) is 1.18. The lowest BCUT2D eigenvalue weighted by Gasteiger charge is -1.95. The third kappa shape index (κ3) is 3.68. The summed E-state index contributed by atoms with van der Waals surface area (Å²) in [6.45, 7) is 1.95. The zero-order valence-electron chi connectivity index (χ0n) is 7.16. The molecule has 0 atom stereocenters. The smallest absolute Gasteiger partial charge is 0.357 e. The summed E-state index contributed by atoms with van der Waals surface area (Å²) in [5.41, 5.74) is 0.0225. The lowest BCUT2D eigenvalue weighted by Crippen LogP contribution is -2.02. The molecule has 0 aliphatic heterocycles. The van der Waals surface area contributed by atoms with Crippen molar-refractivity contribution in [1.82, 2.24) is 0 Å². The first kappa shape index (κ1) is 10.6. The van der Waals surface area contributed by atoms with E-state index >= 15 is 0 Å². The molecule has 0 saturated carbocycles. The third-order valence-electron chi connectivity index (χ3n) is 1.19. The Morgan fingerprint density at radius 3 is 2.75 bits per heavy atom. The van der Waals surface area contributed by atoms with Gasteiger partial charge in [0, 0.05) is 0 Å². The number of esters is 1. The van der Waals surface area contributed by atoms with Crippen molar-refractivity contribution < 1.29 is 14.3 Å². The van der Waals surface area contributed by atoms with Gasteiger partial charge in [0.1, 0.15) is 0 Å². The van der Waals surface area contributed by atoms with Gasteiger partial charge in [0.15, 0.2) is 5.70 Å². The molecule has 0 amide bonds. The number of hydrogen-bond acceptors (Lipinski definition) is 4. The first-order valence-corrected chi connectivity index (χ1v) is 3.62. The summed E-state index contributed by atoms with van der Waals surface area (Å²) < 4.78 is 4.38. The topological polar surface area (TPSA) is 55.7 Å². The minimum absolute atomic E-state index is 0.0225. The molecule has 0 aliphatic carbocycles. The molecular formula is C8H11NO3. The molecule has 0 aromatic rings. The molecule has 0 rings (SSSR count). The summed E-state index contributed by atoms with van der Waals surface area (Å²) in [7, 11) is 1.24. The van der Waals surface area contributed by atoms with E-state index in [1.165, 1.54) is 13.2 Å². The number of carbonyl (C=O) groups is 1. The fourth-order valence-electron chi connectivity index (χ4n) is 0.609. The van der Waals surface area contributed by atoms with Gasteiger partial charge in [-0.3, -0.25) is 0 Å². The average molecular weight is 169 g/mol. The van der Waals surface area contributed by atoms with Crippen molar-refractivity contribution in [1.29, 1.82) is 0 Å². The maximum Gasteiger partial charge on any atom is 0.357 e. The highest BCUT2D eigenvalue weighted by molar-refractivity contribution is 5.88. The monoisotopic (exact) mass is 169 g/mol. The zero-order chi connectivity index (χ0) is 9.40. The molecule has 0 bridgehead atoms. The Kier molecular flexibility index (Phi) is 5.57. The Morgan fingerprint density at radius 1 is 1.67 bits per heavy atom. The Balaban J connectivity index is 4.42. The van der Waals surface area contributed by atoms with Crippen LogP contribution in [-0.2, 0) is 14.3 Å². The van der Waals surface area contributed by atoms with E-state index in [1.54, 1.807) is 6.08 Å². The number of allylic oxidation sites excluding steroid dienone is 1. The second-order valence-electron chi connectivity index (χ2n) is 2.07. The standard InChI is InChI=1S/C8H11NO3/c1-3-4-5-7(9-6-10)8(11)12-2/h5H,3-4H2,1-2H3/b7-5-. The average Bonchev–Trinajstić information content (AvgIpc) is 2.11. The summed E-state index contributed by atoms with van der Waals surface area (Å²) in [5, 5.41) is 0. The van der Waals surface area contributed by atoms with Crippen LogP contribution in [0.1, 0.15) is 19.8 Å². The van der Waals surface area contributed by atoms with Crippen molar-refractivity contribution in [2.75, 3.05) is 7.11 Å². The van der Waals surface area contributed by atoms with E-state index in [0.29, 0.717) is 6.42 Å². The van der Waals surface area contributed by atoms with Crippen molar-refractivity contribution in [2.45, 2.75) is 19.8 Å². The van der Waals surface area contributed by atoms with Crippen LogP contribution in [0.15, 0.2) is 16.8 Å². The van der Waals surface area contributed by atoms with Gasteiger partial charge in [0.2, 0.25) is 6.08 Å². The lowest BCUT2D eigenvalue weighted by molar-refractivity contribution is -0.136. The normalized spacial score (nSPS) is 10.3. The maximum absolute atomic E-state index is 10.8. The fourth-order valence-corrected chi connectivity index (χ4v) is 0.609. The van der Waals surface area contributed by atoms with Crippen molar-refractivity contribution in [2.24, 2.45) is 4.99 Å². The van der Waals surface area contributed by atoms with Crippen molar-refractivity contribution in [3.05, 3.63) is 11.8 Å². The Hall–Kier alpha value is -1.41. The summed E-state index contributed by atoms with van der Waals surface area (Å²) in [6, 6.07) is 0. The molecule has 4 heteroatoms. The lowest BCUT2D eigenvalue weighted by atomic mass is 10.3. The Labute approximate surface area is 70.9 Å². The molecule has 0 heterocycles. The highest BCUT2D eigenvalue weighted by Crippen LogP contribution is 2.01. The van der Waals surface area contributed by atoms with Crippen LogP contribution in [0.25, 0.3) is 0 Å². The number of ether oxygens (including phenoxy) is 1. The van der Waals surface area contributed by atoms with Crippen LogP contribution in [0, 0.1) is 0 Å². The fraction of sp³-hybridized carbons (Fsp3) is 0.500. The predicted molar refractivity (Wildman–Crippen MR) is 43.1 cm³/mol. The van der Waals surface area contributed by atoms with Crippen molar-refractivity contribution in [3.8, 4) is 0 Å². The van der Waals surface area contributed by atoms with Crippen LogP contribution in [0.3, 0.4) is 0 Å². The van der Waals surface area contributed by atoms with E-state index in [9.17, 15) is 9.59 Å². The van der Waals surface area contributed by atoms with Gasteiger partial charge in [0.25, 0.3) is 0 Å². The van der Waals surface area contributed by atoms with E-state index in [4.69, 9.17) is 0 Å². The summed E-state index contributed by atoms with van der Waals surface area (Å²) in [6.07, 6.45) is 4.42. The largest absolute Gasteiger partial charge is 0.464 e. The summed E-state index contributed by atoms with van der Waals surface area (Å²) >= 11 is 0. The number of carbonyl (C=O) groups excluding carboxylic acids is 2. The van der Waals surface area contributed by atoms with Gasteiger partial charge in [-0.15, -0.1) is 0 Å². The molecule has 0 N–H and O–H groups in total. The molecule has 0 aromatic carbocycles. The molecule has 4 nitrogen and oxygen atoms in total. The molecule has 0 fully saturated rings. The molecule has 66 valence electrons. The molecule has 0 radical (unpaired) electrons. The Morgan fingerprint density at radius 2 is 2.33 bits per heavy atom. The highest BCUT2D eigenvalue weighted by Gasteiger charge is 2.06. The van der Waals surface area contributed by atoms with Crippen LogP contribution in [0.5, 0.6) is 0 Å². The number of rotatable bonds is 4. The molecule has 12 heavy (non-hydrogen) atoms. The number of aliphatic imine (C=N–C) groups is 1. The van der Waals surface area contributed by atoms with E-state index in [1.807, 2.05) is 6.92 Å². The quantitative estimate of drug-likeness (QED) is 0.275. The van der Waals surface area contributed by atoms with Gasteiger partial charge in [-0.2, -0.15) is 4.99 Å².